The summed E-state index contributed by atoms with van der Waals surface area (Å²) < 4.78 is 9.20. The van der Waals surface area contributed by atoms with E-state index in [-0.39, 0.29) is 5.56 Å². The van der Waals surface area contributed by atoms with Crippen LogP contribution in [0.1, 0.15) is 11.1 Å². The van der Waals surface area contributed by atoms with Gasteiger partial charge in [0.05, 0.1) is 57.0 Å². The summed E-state index contributed by atoms with van der Waals surface area (Å²) in [5.41, 5.74) is 9.39. The van der Waals surface area contributed by atoms with Crippen molar-refractivity contribution < 1.29 is 0 Å². The van der Waals surface area contributed by atoms with E-state index in [1.807, 2.05) is 78.9 Å². The van der Waals surface area contributed by atoms with Gasteiger partial charge in [0.2, 0.25) is 5.69 Å². The van der Waals surface area contributed by atoms with Crippen LogP contribution < -0.4 is 0 Å². The van der Waals surface area contributed by atoms with E-state index in [0.29, 0.717) is 39.6 Å². The third-order valence-corrected chi connectivity index (χ3v) is 15.9. The van der Waals surface area contributed by atoms with E-state index in [1.165, 1.54) is 29.6 Å². The van der Waals surface area contributed by atoms with Gasteiger partial charge in [-0.1, -0.05) is 127 Å². The molecule has 0 saturated carbocycles. The van der Waals surface area contributed by atoms with Crippen molar-refractivity contribution >= 4 is 112 Å². The topological polar surface area (TPSA) is 87.6 Å². The number of rotatable bonds is 5. The van der Waals surface area contributed by atoms with Gasteiger partial charge in [0, 0.05) is 73.0 Å². The van der Waals surface area contributed by atoms with Crippen LogP contribution in [-0.4, -0.2) is 19.1 Å². The Kier molecular flexibility index (Phi) is 8.68. The van der Waals surface area contributed by atoms with Gasteiger partial charge in [-0.05, 0) is 66.2 Å². The van der Waals surface area contributed by atoms with E-state index >= 15 is 0 Å². The largest absolute Gasteiger partial charge is 0.318 e. The highest BCUT2D eigenvalue weighted by Crippen LogP contribution is 2.47. The maximum absolute atomic E-state index is 11.2. The van der Waals surface area contributed by atoms with Gasteiger partial charge in [-0.2, -0.15) is 10.5 Å². The first-order valence-electron chi connectivity index (χ1n) is 22.7. The van der Waals surface area contributed by atoms with Crippen LogP contribution in [0.15, 0.2) is 188 Å². The van der Waals surface area contributed by atoms with Crippen molar-refractivity contribution in [1.29, 1.82) is 10.5 Å². The minimum atomic E-state index is 0.242. The van der Waals surface area contributed by atoms with E-state index in [1.54, 1.807) is 22.7 Å². The molecule has 9 aromatic carbocycles. The van der Waals surface area contributed by atoms with E-state index < -0.39 is 0 Å². The molecule has 322 valence electrons. The van der Waals surface area contributed by atoms with Crippen LogP contribution in [0.5, 0.6) is 0 Å². The van der Waals surface area contributed by atoms with Crippen molar-refractivity contribution in [3.63, 3.8) is 0 Å². The molecule has 0 bridgehead atoms. The highest BCUT2D eigenvalue weighted by atomic mass is 32.1. The maximum Gasteiger partial charge on any atom is 0.211 e. The zero-order valence-corrected chi connectivity index (χ0v) is 38.5. The van der Waals surface area contributed by atoms with Crippen LogP contribution in [0.4, 0.5) is 5.69 Å². The molecule has 0 atom stereocenters. The van der Waals surface area contributed by atoms with Crippen LogP contribution in [0.3, 0.4) is 0 Å². The lowest BCUT2D eigenvalue weighted by Gasteiger charge is -2.16. The standard InChI is InChI=1S/C61H31N7S2/c1-64-46-32-37(24-28-50(46)68-49-20-10-6-16-40(49)42-26-30-54-56(60(42)68)44-18-8-12-22-52(44)70-54)58-45(34-63)57(65-61(66-58)35-13-3-2-4-14-35)36-23-27-47(38(31-36)33-62)67-48-19-9-5-15-39(48)41-25-29-53-55(59(41)67)43-17-7-11-21-51(43)69-53/h2-32H. The number of para-hydroxylation sites is 2. The summed E-state index contributed by atoms with van der Waals surface area (Å²) in [5.74, 6) is 0.420. The molecule has 14 aromatic rings. The third-order valence-electron chi connectivity index (χ3n) is 13.6. The van der Waals surface area contributed by atoms with Crippen LogP contribution in [0.2, 0.25) is 0 Å². The second kappa shape index (κ2) is 15.3. The molecule has 0 amide bonds. The Morgan fingerprint density at radius 2 is 0.943 bits per heavy atom. The molecule has 0 unspecified atom stereocenters. The lowest BCUT2D eigenvalue weighted by atomic mass is 9.98. The number of nitriles is 2. The van der Waals surface area contributed by atoms with Crippen molar-refractivity contribution in [3.05, 3.63) is 211 Å². The monoisotopic (exact) mass is 925 g/mol. The predicted octanol–water partition coefficient (Wildman–Crippen LogP) is 16.7. The Morgan fingerprint density at radius 3 is 1.50 bits per heavy atom. The van der Waals surface area contributed by atoms with Gasteiger partial charge in [-0.15, -0.1) is 22.7 Å². The van der Waals surface area contributed by atoms with E-state index in [9.17, 15) is 10.5 Å². The molecule has 7 nitrogen and oxygen atoms in total. The van der Waals surface area contributed by atoms with Crippen LogP contribution >= 0.6 is 22.7 Å². The maximum atomic E-state index is 11.2. The Morgan fingerprint density at radius 1 is 0.443 bits per heavy atom. The van der Waals surface area contributed by atoms with Gasteiger partial charge < -0.3 is 9.13 Å². The summed E-state index contributed by atoms with van der Waals surface area (Å²) in [6, 6.07) is 68.7. The van der Waals surface area contributed by atoms with E-state index in [4.69, 9.17) is 16.5 Å². The fourth-order valence-electron chi connectivity index (χ4n) is 10.6. The third kappa shape index (κ3) is 5.70. The van der Waals surface area contributed by atoms with Gasteiger partial charge in [0.1, 0.15) is 17.7 Å². The quantitative estimate of drug-likeness (QED) is 0.161. The summed E-state index contributed by atoms with van der Waals surface area (Å²) in [4.78, 5) is 14.4. The molecule has 0 fully saturated rings. The molecule has 5 aromatic heterocycles. The Balaban J connectivity index is 0.982. The van der Waals surface area contributed by atoms with Gasteiger partial charge in [0.25, 0.3) is 0 Å². The fourth-order valence-corrected chi connectivity index (χ4v) is 12.9. The molecule has 0 aliphatic rings. The molecule has 0 N–H and O–H groups in total. The Bertz CT molecular complexity index is 4430. The van der Waals surface area contributed by atoms with Crippen LogP contribution in [0.25, 0.3) is 134 Å². The van der Waals surface area contributed by atoms with E-state index in [0.717, 1.165) is 71.3 Å². The lowest BCUT2D eigenvalue weighted by Crippen LogP contribution is -2.03. The Labute approximate surface area is 407 Å². The zero-order valence-electron chi connectivity index (χ0n) is 36.8. The number of fused-ring (bicyclic) bond motifs is 14. The minimum absolute atomic E-state index is 0.242. The highest BCUT2D eigenvalue weighted by molar-refractivity contribution is 7.26. The molecule has 0 aliphatic carbocycles. The van der Waals surface area contributed by atoms with Gasteiger partial charge in [0.15, 0.2) is 5.82 Å². The Hall–Kier alpha value is -9.43. The average Bonchev–Trinajstić information content (AvgIpc) is 4.18. The number of hydrogen-bond acceptors (Lipinski definition) is 6. The first-order chi connectivity index (χ1) is 34.6. The second-order valence-corrected chi connectivity index (χ2v) is 19.5. The van der Waals surface area contributed by atoms with Gasteiger partial charge in [-0.3, -0.25) is 0 Å². The molecule has 0 radical (unpaired) electrons. The van der Waals surface area contributed by atoms with Crippen molar-refractivity contribution in [3.8, 4) is 57.4 Å². The molecule has 5 heterocycles. The molecule has 14 rings (SSSR count). The number of benzene rings is 9. The summed E-state index contributed by atoms with van der Waals surface area (Å²) in [6.45, 7) is 8.66. The average molecular weight is 926 g/mol. The molecule has 70 heavy (non-hydrogen) atoms. The van der Waals surface area contributed by atoms with Crippen LogP contribution in [-0.2, 0) is 0 Å². The predicted molar refractivity (Wildman–Crippen MR) is 288 cm³/mol. The van der Waals surface area contributed by atoms with Crippen molar-refractivity contribution in [2.24, 2.45) is 0 Å². The second-order valence-electron chi connectivity index (χ2n) is 17.3. The SMILES string of the molecule is [C-]#[N+]c1cc(-c2nc(-c3ccccc3)nc(-c3ccc(-n4c5ccccc5c5ccc6sc7ccccc7c6c54)c(C#N)c3)c2C#N)ccc1-n1c2ccccc2c2ccc3sc4ccccc4c3c21. The summed E-state index contributed by atoms with van der Waals surface area (Å²) >= 11 is 3.54. The minimum Gasteiger partial charge on any atom is -0.318 e. The molecular formula is C61H31N7S2. The van der Waals surface area contributed by atoms with Crippen molar-refractivity contribution in [1.82, 2.24) is 19.1 Å². The van der Waals surface area contributed by atoms with Crippen LogP contribution in [0, 0.1) is 29.2 Å². The highest BCUT2D eigenvalue weighted by Gasteiger charge is 2.25. The molecule has 0 aliphatic heterocycles. The lowest BCUT2D eigenvalue weighted by molar-refractivity contribution is 1.15. The summed E-state index contributed by atoms with van der Waals surface area (Å²) in [5, 5.41) is 31.3. The van der Waals surface area contributed by atoms with Gasteiger partial charge >= 0.3 is 0 Å². The number of nitrogens with zero attached hydrogens (tertiary/aromatic N) is 7. The summed E-state index contributed by atoms with van der Waals surface area (Å²) in [6.07, 6.45) is 0. The number of hydrogen-bond donors (Lipinski definition) is 0. The summed E-state index contributed by atoms with van der Waals surface area (Å²) in [7, 11) is 0. The zero-order chi connectivity index (χ0) is 46.6. The smallest absolute Gasteiger partial charge is 0.211 e. The van der Waals surface area contributed by atoms with Gasteiger partial charge in [-0.25, -0.2) is 14.8 Å². The molecule has 0 spiro atoms. The normalized spacial score (nSPS) is 11.7. The molecular weight excluding hydrogens is 895 g/mol. The van der Waals surface area contributed by atoms with E-state index in [2.05, 4.69) is 135 Å². The first-order valence-corrected chi connectivity index (χ1v) is 24.3. The first kappa shape index (κ1) is 39.7. The number of aromatic nitrogens is 4. The van der Waals surface area contributed by atoms with Crippen molar-refractivity contribution in [2.45, 2.75) is 0 Å². The molecule has 9 heteroatoms. The van der Waals surface area contributed by atoms with Crippen molar-refractivity contribution in [2.75, 3.05) is 0 Å². The fraction of sp³-hybridized carbons (Fsp3) is 0. The number of thiophene rings is 2. The molecule has 0 saturated heterocycles.